The van der Waals surface area contributed by atoms with Crippen LogP contribution in [0.3, 0.4) is 0 Å². The number of benzene rings is 11. The van der Waals surface area contributed by atoms with Crippen LogP contribution in [-0.2, 0) is 0 Å². The monoisotopic (exact) mass is 890 g/mol. The minimum absolute atomic E-state index is 1.14. The van der Waals surface area contributed by atoms with Gasteiger partial charge in [-0.25, -0.2) is 0 Å². The normalized spacial score (nSPS) is 12.0. The topological polar surface area (TPSA) is 19.7 Å². The number of nitrogens with zero attached hydrogens (tertiary/aromatic N) is 4. The molecule has 0 N–H and O–H groups in total. The summed E-state index contributed by atoms with van der Waals surface area (Å²) >= 11 is 0. The predicted molar refractivity (Wildman–Crippen MR) is 295 cm³/mol. The van der Waals surface area contributed by atoms with Gasteiger partial charge in [-0.3, -0.25) is 0 Å². The Balaban J connectivity index is 0.894. The van der Waals surface area contributed by atoms with Gasteiger partial charge in [0.15, 0.2) is 0 Å². The van der Waals surface area contributed by atoms with Gasteiger partial charge in [-0.05, 0) is 138 Å². The summed E-state index contributed by atoms with van der Waals surface area (Å²) in [7, 11) is 0. The lowest BCUT2D eigenvalue weighted by atomic mass is 9.98. The highest BCUT2D eigenvalue weighted by Crippen LogP contribution is 2.42. The Morgan fingerprint density at radius 3 is 0.814 bits per heavy atom. The molecular weight excluding hydrogens is 849 g/mol. The number of para-hydroxylation sites is 6. The van der Waals surface area contributed by atoms with Crippen LogP contribution in [0, 0.1) is 0 Å². The summed E-state index contributed by atoms with van der Waals surface area (Å²) in [5, 5.41) is 9.92. The summed E-state index contributed by atoms with van der Waals surface area (Å²) in [5.41, 5.74) is 18.9. The van der Waals surface area contributed by atoms with E-state index in [0.29, 0.717) is 0 Å². The first kappa shape index (κ1) is 38.7. The second kappa shape index (κ2) is 15.1. The first-order valence-electron chi connectivity index (χ1n) is 24.1. The molecule has 70 heavy (non-hydrogen) atoms. The lowest BCUT2D eigenvalue weighted by Crippen LogP contribution is -1.96. The van der Waals surface area contributed by atoms with Crippen LogP contribution in [0.4, 0.5) is 0 Å². The minimum Gasteiger partial charge on any atom is -0.309 e. The van der Waals surface area contributed by atoms with Gasteiger partial charge >= 0.3 is 0 Å². The van der Waals surface area contributed by atoms with Crippen LogP contribution < -0.4 is 0 Å². The molecule has 0 aliphatic rings. The maximum atomic E-state index is 2.44. The van der Waals surface area contributed by atoms with Crippen molar-refractivity contribution in [2.75, 3.05) is 0 Å². The van der Waals surface area contributed by atoms with Crippen molar-refractivity contribution in [3.63, 3.8) is 0 Å². The average Bonchev–Trinajstić information content (AvgIpc) is 4.15. The molecule has 326 valence electrons. The Morgan fingerprint density at radius 2 is 0.429 bits per heavy atom. The smallest absolute Gasteiger partial charge is 0.0561 e. The lowest BCUT2D eigenvalue weighted by molar-refractivity contribution is 1.15. The zero-order valence-electron chi connectivity index (χ0n) is 38.0. The maximum Gasteiger partial charge on any atom is 0.0561 e. The number of hydrogen-bond donors (Lipinski definition) is 0. The summed E-state index contributed by atoms with van der Waals surface area (Å²) in [6, 6.07) is 93.5. The third-order valence-electron chi connectivity index (χ3n) is 14.7. The molecule has 4 nitrogen and oxygen atoms in total. The first-order valence-corrected chi connectivity index (χ1v) is 24.1. The van der Waals surface area contributed by atoms with Crippen LogP contribution in [0.5, 0.6) is 0 Å². The van der Waals surface area contributed by atoms with Crippen LogP contribution in [0.25, 0.3) is 132 Å². The summed E-state index contributed by atoms with van der Waals surface area (Å²) in [5.74, 6) is 0. The highest BCUT2D eigenvalue weighted by atomic mass is 15.0. The molecule has 0 spiro atoms. The van der Waals surface area contributed by atoms with Crippen molar-refractivity contribution in [1.29, 1.82) is 0 Å². The molecule has 11 aromatic carbocycles. The van der Waals surface area contributed by atoms with Crippen LogP contribution in [0.15, 0.2) is 255 Å². The Bertz CT molecular complexity index is 4570. The Kier molecular flexibility index (Phi) is 8.33. The van der Waals surface area contributed by atoms with E-state index in [9.17, 15) is 0 Å². The van der Waals surface area contributed by atoms with Crippen molar-refractivity contribution in [1.82, 2.24) is 18.3 Å². The molecule has 0 amide bonds. The van der Waals surface area contributed by atoms with E-state index < -0.39 is 0 Å². The lowest BCUT2D eigenvalue weighted by Gasteiger charge is -2.11. The van der Waals surface area contributed by atoms with Gasteiger partial charge in [0, 0.05) is 65.8 Å². The number of fused-ring (bicyclic) bond motifs is 12. The minimum atomic E-state index is 1.14. The van der Waals surface area contributed by atoms with Crippen molar-refractivity contribution < 1.29 is 0 Å². The summed E-state index contributed by atoms with van der Waals surface area (Å²) in [6.45, 7) is 0. The third-order valence-corrected chi connectivity index (χ3v) is 14.7. The Morgan fingerprint density at radius 1 is 0.157 bits per heavy atom. The third kappa shape index (κ3) is 5.71. The van der Waals surface area contributed by atoms with E-state index in [1.807, 2.05) is 0 Å². The van der Waals surface area contributed by atoms with Gasteiger partial charge < -0.3 is 18.3 Å². The second-order valence-corrected chi connectivity index (χ2v) is 18.5. The SMILES string of the molecule is c1ccc(-n2c3ccccc3c3cc(-c4ccc5c(c4)c4cc(-c6ccc7c(c6)c6ccccc6n7-c6ccc7c8ccccc8n(-c8ccccc8)c7c6)ccc4n5-c4ccccc4)ccc32)cc1. The zero-order valence-corrected chi connectivity index (χ0v) is 38.0. The second-order valence-electron chi connectivity index (χ2n) is 18.5. The highest BCUT2D eigenvalue weighted by molar-refractivity contribution is 6.15. The molecule has 15 rings (SSSR count). The molecule has 0 unspecified atom stereocenters. The molecule has 0 radical (unpaired) electrons. The van der Waals surface area contributed by atoms with Crippen molar-refractivity contribution in [2.45, 2.75) is 0 Å². The van der Waals surface area contributed by atoms with Gasteiger partial charge in [0.1, 0.15) is 0 Å². The van der Waals surface area contributed by atoms with Gasteiger partial charge in [-0.15, -0.1) is 0 Å². The van der Waals surface area contributed by atoms with Gasteiger partial charge in [-0.1, -0.05) is 140 Å². The molecule has 4 aromatic heterocycles. The zero-order chi connectivity index (χ0) is 45.9. The van der Waals surface area contributed by atoms with E-state index >= 15 is 0 Å². The number of rotatable bonds is 6. The van der Waals surface area contributed by atoms with Crippen molar-refractivity contribution in [3.05, 3.63) is 255 Å². The van der Waals surface area contributed by atoms with E-state index in [1.54, 1.807) is 0 Å². The van der Waals surface area contributed by atoms with E-state index in [2.05, 4.69) is 273 Å². The van der Waals surface area contributed by atoms with Crippen molar-refractivity contribution in [3.8, 4) is 45.0 Å². The van der Waals surface area contributed by atoms with Gasteiger partial charge in [-0.2, -0.15) is 0 Å². The summed E-state index contributed by atoms with van der Waals surface area (Å²) < 4.78 is 9.64. The average molecular weight is 891 g/mol. The number of aromatic nitrogens is 4. The van der Waals surface area contributed by atoms with Gasteiger partial charge in [0.25, 0.3) is 0 Å². The quantitative estimate of drug-likeness (QED) is 0.158. The maximum absolute atomic E-state index is 2.44. The Hall–Kier alpha value is -9.38. The predicted octanol–water partition coefficient (Wildman–Crippen LogP) is 17.4. The van der Waals surface area contributed by atoms with Gasteiger partial charge in [0.05, 0.1) is 44.1 Å². The van der Waals surface area contributed by atoms with E-state index in [1.165, 1.54) is 115 Å². The number of hydrogen-bond acceptors (Lipinski definition) is 0. The molecule has 4 heteroatoms. The fraction of sp³-hybridized carbons (Fsp3) is 0. The van der Waals surface area contributed by atoms with Crippen LogP contribution in [0.1, 0.15) is 0 Å². The van der Waals surface area contributed by atoms with Crippen LogP contribution in [-0.4, -0.2) is 18.3 Å². The largest absolute Gasteiger partial charge is 0.309 e. The standard InChI is InChI=1S/C66H42N4/c1-4-16-47(17-5-1)67-60-26-14-11-23-52(60)55-38-43(28-34-62(55)67)45-30-36-64-57(40-45)58-41-46(31-37-65(58)68(64)48-18-6-2-7-19-48)44-29-35-63-56(39-44)53-24-12-15-27-61(53)70(63)50-32-33-54-51-22-10-13-25-59(51)69(66(54)42-50)49-20-8-3-9-21-49/h1-42H. The summed E-state index contributed by atoms with van der Waals surface area (Å²) in [4.78, 5) is 0. The highest BCUT2D eigenvalue weighted by Gasteiger charge is 2.20. The molecular formula is C66H42N4. The molecule has 0 aliphatic carbocycles. The molecule has 0 fully saturated rings. The van der Waals surface area contributed by atoms with E-state index in [0.717, 1.165) is 17.1 Å². The first-order chi connectivity index (χ1) is 34.7. The molecule has 0 atom stereocenters. The fourth-order valence-electron chi connectivity index (χ4n) is 11.6. The summed E-state index contributed by atoms with van der Waals surface area (Å²) in [6.07, 6.45) is 0. The van der Waals surface area contributed by atoms with E-state index in [4.69, 9.17) is 0 Å². The van der Waals surface area contributed by atoms with Crippen LogP contribution >= 0.6 is 0 Å². The van der Waals surface area contributed by atoms with Crippen LogP contribution in [0.2, 0.25) is 0 Å². The molecule has 0 aliphatic heterocycles. The van der Waals surface area contributed by atoms with Crippen molar-refractivity contribution >= 4 is 87.2 Å². The van der Waals surface area contributed by atoms with Gasteiger partial charge in [0.2, 0.25) is 0 Å². The molecule has 15 aromatic rings. The van der Waals surface area contributed by atoms with E-state index in [-0.39, 0.29) is 0 Å². The van der Waals surface area contributed by atoms with Crippen molar-refractivity contribution in [2.24, 2.45) is 0 Å². The molecule has 4 heterocycles. The Labute approximate surface area is 403 Å². The molecule has 0 bridgehead atoms. The molecule has 0 saturated heterocycles. The molecule has 0 saturated carbocycles. The fourth-order valence-corrected chi connectivity index (χ4v) is 11.6.